The summed E-state index contributed by atoms with van der Waals surface area (Å²) in [7, 11) is -3.33. The molecule has 0 aliphatic rings. The zero-order valence-corrected chi connectivity index (χ0v) is 25.8. The van der Waals surface area contributed by atoms with Crippen molar-refractivity contribution in [1.29, 1.82) is 10.5 Å². The van der Waals surface area contributed by atoms with E-state index in [1.54, 1.807) is 54.6 Å². The molecule has 11 heteroatoms. The molecule has 0 fully saturated rings. The molecule has 1 aromatic heterocycles. The van der Waals surface area contributed by atoms with Crippen molar-refractivity contribution in [1.82, 2.24) is 3.97 Å². The monoisotopic (exact) mass is 661 g/mol. The Morgan fingerprint density at radius 3 is 2.19 bits per heavy atom. The van der Waals surface area contributed by atoms with Crippen LogP contribution in [0.2, 0.25) is 0 Å². The number of ether oxygens (including phenoxy) is 1. The quantitative estimate of drug-likeness (QED) is 0.159. The van der Waals surface area contributed by atoms with Gasteiger partial charge in [0.1, 0.15) is 5.82 Å². The number of nitriles is 2. The lowest BCUT2D eigenvalue weighted by Crippen LogP contribution is -2.14. The average Bonchev–Trinajstić information content (AvgIpc) is 3.45. The third-order valence-electron chi connectivity index (χ3n) is 7.88. The Balaban J connectivity index is 1.71. The van der Waals surface area contributed by atoms with Gasteiger partial charge in [-0.3, -0.25) is 0 Å². The highest BCUT2D eigenvalue weighted by atomic mass is 32.2. The van der Waals surface area contributed by atoms with Crippen molar-refractivity contribution in [2.24, 2.45) is 0 Å². The number of carbonyl (C=O) groups excluding carboxylic acids is 1. The molecule has 0 N–H and O–H groups in total. The number of esters is 1. The van der Waals surface area contributed by atoms with Crippen molar-refractivity contribution in [3.8, 4) is 45.6 Å². The van der Waals surface area contributed by atoms with Crippen LogP contribution in [0.1, 0.15) is 33.5 Å². The van der Waals surface area contributed by atoms with Crippen LogP contribution in [0.25, 0.3) is 44.4 Å². The Kier molecular flexibility index (Phi) is 8.32. The Labute approximate surface area is 273 Å². The fraction of sp³-hybridized carbons (Fsp3) is 0.0541. The molecule has 6 rings (SSSR count). The number of fused-ring (bicyclic) bond motifs is 1. The first-order valence-electron chi connectivity index (χ1n) is 14.3. The Bertz CT molecular complexity index is 2440. The fourth-order valence-electron chi connectivity index (χ4n) is 5.68. The molecular formula is C37H22F3N3O4S. The summed E-state index contributed by atoms with van der Waals surface area (Å²) in [4.78, 5) is 11.8. The third kappa shape index (κ3) is 5.46. The predicted molar refractivity (Wildman–Crippen MR) is 173 cm³/mol. The second-order valence-corrected chi connectivity index (χ2v) is 12.4. The van der Waals surface area contributed by atoms with Crippen molar-refractivity contribution in [3.05, 3.63) is 137 Å². The van der Waals surface area contributed by atoms with Crippen LogP contribution in [0.4, 0.5) is 13.2 Å². The summed E-state index contributed by atoms with van der Waals surface area (Å²) in [5.41, 5.74) is 2.12. The van der Waals surface area contributed by atoms with Crippen LogP contribution in [0.15, 0.2) is 114 Å². The maximum Gasteiger partial charge on any atom is 0.337 e. The molecule has 6 aromatic rings. The summed E-state index contributed by atoms with van der Waals surface area (Å²) in [6.07, 6.45) is -2.82. The molecule has 0 atom stereocenters. The number of rotatable bonds is 7. The van der Waals surface area contributed by atoms with Gasteiger partial charge in [-0.25, -0.2) is 30.4 Å². The minimum absolute atomic E-state index is 0.0720. The molecule has 0 amide bonds. The number of hydrogen-bond acceptors (Lipinski definition) is 6. The highest BCUT2D eigenvalue weighted by molar-refractivity contribution is 7.90. The standard InChI is InChI=1S/C37H22F3N3O4S/c1-47-37(44)25-11-15-30(27(18-25)21-42)23-6-4-7-24(17-23)35-34(31-8-3-2-5-26(31)20-41)32-19-28(38)12-16-33(32)43(35)48(45,46)29-13-9-22(10-14-29)36(39)40/h2-19,36H,1H3. The van der Waals surface area contributed by atoms with E-state index in [0.717, 1.165) is 34.3 Å². The first-order valence-corrected chi connectivity index (χ1v) is 15.7. The molecule has 0 spiro atoms. The van der Waals surface area contributed by atoms with E-state index < -0.39 is 28.2 Å². The second kappa shape index (κ2) is 12.6. The predicted octanol–water partition coefficient (Wildman–Crippen LogP) is 8.49. The lowest BCUT2D eigenvalue weighted by molar-refractivity contribution is 0.0600. The average molecular weight is 662 g/mol. The van der Waals surface area contributed by atoms with Crippen LogP contribution in [0.5, 0.6) is 0 Å². The smallest absolute Gasteiger partial charge is 0.337 e. The van der Waals surface area contributed by atoms with E-state index >= 15 is 0 Å². The highest BCUT2D eigenvalue weighted by Gasteiger charge is 2.30. The normalized spacial score (nSPS) is 11.3. The summed E-state index contributed by atoms with van der Waals surface area (Å²) in [5, 5.41) is 20.2. The van der Waals surface area contributed by atoms with E-state index in [1.165, 1.54) is 31.4 Å². The van der Waals surface area contributed by atoms with E-state index in [0.29, 0.717) is 22.3 Å². The minimum Gasteiger partial charge on any atom is -0.465 e. The van der Waals surface area contributed by atoms with Crippen LogP contribution in [-0.4, -0.2) is 25.5 Å². The molecule has 1 heterocycles. The molecular weight excluding hydrogens is 639 g/mol. The van der Waals surface area contributed by atoms with Crippen LogP contribution >= 0.6 is 0 Å². The lowest BCUT2D eigenvalue weighted by Gasteiger charge is -2.16. The molecule has 5 aromatic carbocycles. The summed E-state index contributed by atoms with van der Waals surface area (Å²) in [6, 6.07) is 29.6. The molecule has 0 saturated heterocycles. The van der Waals surface area contributed by atoms with Gasteiger partial charge in [-0.15, -0.1) is 0 Å². The molecule has 0 aliphatic heterocycles. The molecule has 236 valence electrons. The first kappa shape index (κ1) is 31.8. The van der Waals surface area contributed by atoms with E-state index in [4.69, 9.17) is 4.74 Å². The van der Waals surface area contributed by atoms with E-state index in [-0.39, 0.29) is 49.3 Å². The molecule has 48 heavy (non-hydrogen) atoms. The van der Waals surface area contributed by atoms with E-state index in [2.05, 4.69) is 12.1 Å². The van der Waals surface area contributed by atoms with Gasteiger partial charge in [0.2, 0.25) is 0 Å². The zero-order chi connectivity index (χ0) is 34.2. The fourth-order valence-corrected chi connectivity index (χ4v) is 7.22. The number of hydrogen-bond donors (Lipinski definition) is 0. The summed E-state index contributed by atoms with van der Waals surface area (Å²) in [5.74, 6) is -1.28. The molecule has 0 unspecified atom stereocenters. The lowest BCUT2D eigenvalue weighted by atomic mass is 9.92. The van der Waals surface area contributed by atoms with Crippen molar-refractivity contribution in [2.45, 2.75) is 11.3 Å². The third-order valence-corrected chi connectivity index (χ3v) is 9.61. The highest BCUT2D eigenvalue weighted by Crippen LogP contribution is 2.45. The molecule has 0 aliphatic carbocycles. The van der Waals surface area contributed by atoms with Gasteiger partial charge in [0.05, 0.1) is 52.0 Å². The van der Waals surface area contributed by atoms with Gasteiger partial charge in [-0.1, -0.05) is 54.6 Å². The van der Waals surface area contributed by atoms with Gasteiger partial charge in [0.25, 0.3) is 16.4 Å². The van der Waals surface area contributed by atoms with Crippen molar-refractivity contribution >= 4 is 26.9 Å². The number of benzene rings is 5. The first-order chi connectivity index (χ1) is 23.1. The van der Waals surface area contributed by atoms with Crippen molar-refractivity contribution < 1.29 is 31.1 Å². The van der Waals surface area contributed by atoms with Gasteiger partial charge in [-0.2, -0.15) is 10.5 Å². The molecule has 0 saturated carbocycles. The number of carbonyl (C=O) groups is 1. The number of methoxy groups -OCH3 is 1. The van der Waals surface area contributed by atoms with Crippen molar-refractivity contribution in [3.63, 3.8) is 0 Å². The van der Waals surface area contributed by atoms with Gasteiger partial charge in [0, 0.05) is 27.6 Å². The van der Waals surface area contributed by atoms with E-state index in [9.17, 15) is 36.9 Å². The Morgan fingerprint density at radius 2 is 1.50 bits per heavy atom. The zero-order valence-electron chi connectivity index (χ0n) is 25.0. The number of nitrogens with zero attached hydrogens (tertiary/aromatic N) is 3. The SMILES string of the molecule is COC(=O)c1ccc(-c2cccc(-c3c(-c4ccccc4C#N)c4cc(F)ccc4n3S(=O)(=O)c3ccc(C(F)F)cc3)c2)c(C#N)c1. The van der Waals surface area contributed by atoms with Gasteiger partial charge in [0.15, 0.2) is 0 Å². The second-order valence-electron chi connectivity index (χ2n) is 10.6. The molecule has 0 bridgehead atoms. The maximum absolute atomic E-state index is 14.9. The number of alkyl halides is 2. The Hall–Kier alpha value is -6.17. The Morgan fingerprint density at radius 1 is 0.792 bits per heavy atom. The maximum atomic E-state index is 14.9. The van der Waals surface area contributed by atoms with Crippen LogP contribution in [-0.2, 0) is 14.8 Å². The van der Waals surface area contributed by atoms with Gasteiger partial charge >= 0.3 is 5.97 Å². The van der Waals surface area contributed by atoms with Crippen LogP contribution < -0.4 is 0 Å². The van der Waals surface area contributed by atoms with Crippen molar-refractivity contribution in [2.75, 3.05) is 7.11 Å². The van der Waals surface area contributed by atoms with E-state index in [1.807, 2.05) is 0 Å². The molecule has 7 nitrogen and oxygen atoms in total. The molecule has 0 radical (unpaired) electrons. The van der Waals surface area contributed by atoms with Crippen LogP contribution in [0, 0.1) is 28.5 Å². The summed E-state index contributed by atoms with van der Waals surface area (Å²) in [6.45, 7) is 0. The number of aromatic nitrogens is 1. The number of halogens is 3. The topological polar surface area (TPSA) is 113 Å². The summed E-state index contributed by atoms with van der Waals surface area (Å²) < 4.78 is 76.5. The minimum atomic E-state index is -4.55. The van der Waals surface area contributed by atoms with Gasteiger partial charge < -0.3 is 4.74 Å². The summed E-state index contributed by atoms with van der Waals surface area (Å²) >= 11 is 0. The van der Waals surface area contributed by atoms with Crippen LogP contribution in [0.3, 0.4) is 0 Å². The largest absolute Gasteiger partial charge is 0.465 e. The van der Waals surface area contributed by atoms with Gasteiger partial charge in [-0.05, 0) is 65.7 Å².